The van der Waals surface area contributed by atoms with Gasteiger partial charge in [0.15, 0.2) is 0 Å². The van der Waals surface area contributed by atoms with E-state index in [0.29, 0.717) is 19.5 Å². The normalized spacial score (nSPS) is 20.2. The molecule has 0 bridgehead atoms. The number of aryl methyl sites for hydroxylation is 2. The highest BCUT2D eigenvalue weighted by molar-refractivity contribution is 5.95. The maximum atomic E-state index is 12.1. The number of hydrogen-bond acceptors (Lipinski definition) is 2. The molecule has 1 fully saturated rings. The Kier molecular flexibility index (Phi) is 2.97. The molecule has 3 heteroatoms. The van der Waals surface area contributed by atoms with Crippen LogP contribution in [0.15, 0.2) is 18.2 Å². The van der Waals surface area contributed by atoms with Crippen LogP contribution in [0.25, 0.3) is 0 Å². The molecule has 1 aliphatic rings. The number of rotatable bonds is 1. The van der Waals surface area contributed by atoms with Crippen LogP contribution < -0.4 is 0 Å². The van der Waals surface area contributed by atoms with Crippen LogP contribution in [-0.4, -0.2) is 35.1 Å². The monoisotopic (exact) mass is 219 g/mol. The molecule has 16 heavy (non-hydrogen) atoms. The average Bonchev–Trinajstić information content (AvgIpc) is 2.64. The van der Waals surface area contributed by atoms with Crippen LogP contribution in [-0.2, 0) is 0 Å². The van der Waals surface area contributed by atoms with Crippen LogP contribution in [0, 0.1) is 13.8 Å². The van der Waals surface area contributed by atoms with Crippen LogP contribution in [0.4, 0.5) is 0 Å². The second-order valence-electron chi connectivity index (χ2n) is 4.51. The minimum atomic E-state index is -0.352. The zero-order valence-electron chi connectivity index (χ0n) is 9.73. The minimum Gasteiger partial charge on any atom is -0.391 e. The van der Waals surface area contributed by atoms with Crippen molar-refractivity contribution in [3.8, 4) is 0 Å². The number of likely N-dealkylation sites (tertiary alicyclic amines) is 1. The van der Waals surface area contributed by atoms with Gasteiger partial charge in [-0.1, -0.05) is 17.7 Å². The maximum Gasteiger partial charge on any atom is 0.254 e. The molecular weight excluding hydrogens is 202 g/mol. The molecule has 0 aromatic heterocycles. The van der Waals surface area contributed by atoms with Crippen molar-refractivity contribution in [1.29, 1.82) is 0 Å². The Morgan fingerprint density at radius 2 is 2.19 bits per heavy atom. The third-order valence-electron chi connectivity index (χ3n) is 3.06. The molecular formula is C13H17NO2. The summed E-state index contributed by atoms with van der Waals surface area (Å²) in [6.45, 7) is 5.09. The Balaban J connectivity index is 2.21. The second kappa shape index (κ2) is 4.26. The number of nitrogens with zero attached hydrogens (tertiary/aromatic N) is 1. The summed E-state index contributed by atoms with van der Waals surface area (Å²) in [6.07, 6.45) is 0.339. The van der Waals surface area contributed by atoms with Crippen molar-refractivity contribution < 1.29 is 9.90 Å². The molecule has 1 atom stereocenters. The van der Waals surface area contributed by atoms with E-state index in [1.54, 1.807) is 4.90 Å². The molecule has 1 saturated heterocycles. The third-order valence-corrected chi connectivity index (χ3v) is 3.06. The molecule has 0 saturated carbocycles. The van der Waals surface area contributed by atoms with Crippen LogP contribution in [0.5, 0.6) is 0 Å². The number of amides is 1. The molecule has 0 unspecified atom stereocenters. The summed E-state index contributed by atoms with van der Waals surface area (Å²) in [7, 11) is 0. The maximum absolute atomic E-state index is 12.1. The fourth-order valence-electron chi connectivity index (χ4n) is 2.15. The molecule has 0 radical (unpaired) electrons. The summed E-state index contributed by atoms with van der Waals surface area (Å²) in [6, 6.07) is 5.84. The van der Waals surface area contributed by atoms with Crippen molar-refractivity contribution in [3.05, 3.63) is 34.9 Å². The molecule has 1 aliphatic heterocycles. The van der Waals surface area contributed by atoms with Gasteiger partial charge in [0, 0.05) is 18.7 Å². The van der Waals surface area contributed by atoms with Gasteiger partial charge in [-0.05, 0) is 31.9 Å². The molecule has 86 valence electrons. The fourth-order valence-corrected chi connectivity index (χ4v) is 2.15. The molecule has 0 spiro atoms. The number of aliphatic hydroxyl groups is 1. The summed E-state index contributed by atoms with van der Waals surface area (Å²) in [5.74, 6) is 0.0362. The Bertz CT molecular complexity index is 414. The Morgan fingerprint density at radius 3 is 2.75 bits per heavy atom. The van der Waals surface area contributed by atoms with E-state index < -0.39 is 0 Å². The van der Waals surface area contributed by atoms with E-state index >= 15 is 0 Å². The first-order chi connectivity index (χ1) is 7.58. The van der Waals surface area contributed by atoms with Crippen LogP contribution in [0.1, 0.15) is 27.9 Å². The lowest BCUT2D eigenvalue weighted by Crippen LogP contribution is -2.30. The summed E-state index contributed by atoms with van der Waals surface area (Å²) in [4.78, 5) is 13.9. The van der Waals surface area contributed by atoms with Crippen LogP contribution in [0.2, 0.25) is 0 Å². The Hall–Kier alpha value is -1.35. The smallest absolute Gasteiger partial charge is 0.254 e. The van der Waals surface area contributed by atoms with Crippen molar-refractivity contribution in [2.45, 2.75) is 26.4 Å². The van der Waals surface area contributed by atoms with Gasteiger partial charge in [-0.25, -0.2) is 0 Å². The van der Waals surface area contributed by atoms with Gasteiger partial charge >= 0.3 is 0 Å². The highest BCUT2D eigenvalue weighted by atomic mass is 16.3. The predicted molar refractivity (Wildman–Crippen MR) is 62.4 cm³/mol. The van der Waals surface area contributed by atoms with Crippen molar-refractivity contribution >= 4 is 5.91 Å². The van der Waals surface area contributed by atoms with Gasteiger partial charge in [-0.3, -0.25) is 4.79 Å². The molecule has 2 rings (SSSR count). The average molecular weight is 219 g/mol. The molecule has 1 aromatic rings. The number of hydrogen-bond donors (Lipinski definition) is 1. The van der Waals surface area contributed by atoms with Gasteiger partial charge in [0.05, 0.1) is 6.10 Å². The molecule has 1 N–H and O–H groups in total. The molecule has 1 aromatic carbocycles. The van der Waals surface area contributed by atoms with Crippen molar-refractivity contribution in [1.82, 2.24) is 4.90 Å². The van der Waals surface area contributed by atoms with E-state index in [1.807, 2.05) is 32.0 Å². The molecule has 1 amide bonds. The Morgan fingerprint density at radius 1 is 1.44 bits per heavy atom. The van der Waals surface area contributed by atoms with Crippen molar-refractivity contribution in [3.63, 3.8) is 0 Å². The number of carbonyl (C=O) groups excluding carboxylic acids is 1. The first-order valence-electron chi connectivity index (χ1n) is 5.62. The van der Waals surface area contributed by atoms with E-state index in [2.05, 4.69) is 0 Å². The van der Waals surface area contributed by atoms with E-state index in [0.717, 1.165) is 16.7 Å². The van der Waals surface area contributed by atoms with E-state index in [1.165, 1.54) is 0 Å². The highest BCUT2D eigenvalue weighted by Crippen LogP contribution is 2.17. The largest absolute Gasteiger partial charge is 0.391 e. The topological polar surface area (TPSA) is 40.5 Å². The zero-order valence-corrected chi connectivity index (χ0v) is 9.73. The quantitative estimate of drug-likeness (QED) is 0.777. The predicted octanol–water partition coefficient (Wildman–Crippen LogP) is 1.51. The number of aliphatic hydroxyl groups excluding tert-OH is 1. The lowest BCUT2D eigenvalue weighted by Gasteiger charge is -2.17. The zero-order chi connectivity index (χ0) is 11.7. The fraction of sp³-hybridized carbons (Fsp3) is 0.462. The highest BCUT2D eigenvalue weighted by Gasteiger charge is 2.25. The lowest BCUT2D eigenvalue weighted by molar-refractivity contribution is 0.0764. The summed E-state index contributed by atoms with van der Waals surface area (Å²) < 4.78 is 0. The van der Waals surface area contributed by atoms with Gasteiger partial charge in [0.25, 0.3) is 5.91 Å². The third kappa shape index (κ3) is 2.09. The SMILES string of the molecule is Cc1ccc(C(=O)N2CC[C@H](O)C2)c(C)c1. The first-order valence-corrected chi connectivity index (χ1v) is 5.62. The van der Waals surface area contributed by atoms with E-state index in [4.69, 9.17) is 0 Å². The van der Waals surface area contributed by atoms with Gasteiger partial charge in [-0.2, -0.15) is 0 Å². The molecule has 0 aliphatic carbocycles. The minimum absolute atomic E-state index is 0.0362. The summed E-state index contributed by atoms with van der Waals surface area (Å²) in [5, 5.41) is 9.41. The number of benzene rings is 1. The van der Waals surface area contributed by atoms with Gasteiger partial charge in [-0.15, -0.1) is 0 Å². The van der Waals surface area contributed by atoms with Crippen molar-refractivity contribution in [2.24, 2.45) is 0 Å². The first kappa shape index (κ1) is 11.1. The van der Waals surface area contributed by atoms with Crippen LogP contribution in [0.3, 0.4) is 0 Å². The molecule has 1 heterocycles. The summed E-state index contributed by atoms with van der Waals surface area (Å²) >= 11 is 0. The van der Waals surface area contributed by atoms with Crippen molar-refractivity contribution in [2.75, 3.05) is 13.1 Å². The standard InChI is InChI=1S/C13H17NO2/c1-9-3-4-12(10(2)7-9)13(16)14-6-5-11(15)8-14/h3-4,7,11,15H,5-6,8H2,1-2H3/t11-/m0/s1. The van der Waals surface area contributed by atoms with Gasteiger partial charge in [0.2, 0.25) is 0 Å². The van der Waals surface area contributed by atoms with E-state index in [-0.39, 0.29) is 12.0 Å². The Labute approximate surface area is 95.7 Å². The molecule has 3 nitrogen and oxygen atoms in total. The van der Waals surface area contributed by atoms with Gasteiger partial charge in [0.1, 0.15) is 0 Å². The summed E-state index contributed by atoms with van der Waals surface area (Å²) in [5.41, 5.74) is 2.92. The second-order valence-corrected chi connectivity index (χ2v) is 4.51. The van der Waals surface area contributed by atoms with E-state index in [9.17, 15) is 9.90 Å². The lowest BCUT2D eigenvalue weighted by atomic mass is 10.0. The number of β-amino-alcohol motifs (C(OH)–C–C–N with tert-alkyl or cyclic N) is 1. The van der Waals surface area contributed by atoms with Gasteiger partial charge < -0.3 is 10.0 Å². The number of carbonyl (C=O) groups is 1. The van der Waals surface area contributed by atoms with Crippen LogP contribution >= 0.6 is 0 Å².